The fraction of sp³-hybridized carbons (Fsp3) is 0.818. The van der Waals surface area contributed by atoms with Crippen molar-refractivity contribution in [3.8, 4) is 0 Å². The van der Waals surface area contributed by atoms with Gasteiger partial charge in [-0.25, -0.2) is 0 Å². The van der Waals surface area contributed by atoms with Crippen LogP contribution in [0.1, 0.15) is 26.2 Å². The summed E-state index contributed by atoms with van der Waals surface area (Å²) in [5, 5.41) is 0. The number of allylic oxidation sites excluding steroid dienone is 1. The molecule has 0 aliphatic heterocycles. The summed E-state index contributed by atoms with van der Waals surface area (Å²) in [5.74, 6) is -2.75. The molecule has 0 aromatic carbocycles. The molecule has 120 valence electrons. The molecule has 0 bridgehead atoms. The zero-order valence-corrected chi connectivity index (χ0v) is 10.4. The van der Waals surface area contributed by atoms with Crippen molar-refractivity contribution < 1.29 is 39.5 Å². The topological polar surface area (TPSA) is 0 Å². The summed E-state index contributed by atoms with van der Waals surface area (Å²) in [5.41, 5.74) is -4.37. The molecule has 0 aromatic heterocycles. The lowest BCUT2D eigenvalue weighted by Crippen LogP contribution is -2.52. The van der Waals surface area contributed by atoms with Gasteiger partial charge in [0.25, 0.3) is 0 Å². The van der Waals surface area contributed by atoms with Crippen LogP contribution in [-0.4, -0.2) is 18.5 Å². The van der Waals surface area contributed by atoms with Crippen molar-refractivity contribution in [3.05, 3.63) is 12.7 Å². The third kappa shape index (κ3) is 3.82. The zero-order chi connectivity index (χ0) is 16.4. The second-order valence-electron chi connectivity index (χ2n) is 4.40. The van der Waals surface area contributed by atoms with Crippen molar-refractivity contribution in [1.82, 2.24) is 0 Å². The molecule has 0 aliphatic carbocycles. The van der Waals surface area contributed by atoms with E-state index in [4.69, 9.17) is 0 Å². The van der Waals surface area contributed by atoms with Crippen molar-refractivity contribution in [2.75, 3.05) is 0 Å². The van der Waals surface area contributed by atoms with Crippen LogP contribution < -0.4 is 0 Å². The second-order valence-corrected chi connectivity index (χ2v) is 4.40. The van der Waals surface area contributed by atoms with E-state index in [1.165, 1.54) is 0 Å². The summed E-state index contributed by atoms with van der Waals surface area (Å²) < 4.78 is 114. The van der Waals surface area contributed by atoms with E-state index in [1.54, 1.807) is 0 Å². The summed E-state index contributed by atoms with van der Waals surface area (Å²) in [6.07, 6.45) is -20.7. The highest BCUT2D eigenvalue weighted by atomic mass is 19.4. The Bertz CT molecular complexity index is 306. The highest BCUT2D eigenvalue weighted by Gasteiger charge is 2.70. The normalized spacial score (nSPS) is 16.1. The first kappa shape index (κ1) is 19.1. The van der Waals surface area contributed by atoms with Gasteiger partial charge in [0.15, 0.2) is 5.41 Å². The van der Waals surface area contributed by atoms with Crippen LogP contribution in [0.25, 0.3) is 0 Å². The number of alkyl halides is 9. The summed E-state index contributed by atoms with van der Waals surface area (Å²) in [6.45, 7) is 3.50. The SMILES string of the molecule is C=CCC(CC(CC)(C(F)(F)F)C(F)(F)F)C(F)(F)F. The van der Waals surface area contributed by atoms with Gasteiger partial charge in [0.2, 0.25) is 0 Å². The summed E-state index contributed by atoms with van der Waals surface area (Å²) >= 11 is 0. The molecule has 0 saturated heterocycles. The summed E-state index contributed by atoms with van der Waals surface area (Å²) in [7, 11) is 0. The zero-order valence-electron chi connectivity index (χ0n) is 10.4. The van der Waals surface area contributed by atoms with Crippen molar-refractivity contribution in [2.24, 2.45) is 11.3 Å². The summed E-state index contributed by atoms with van der Waals surface area (Å²) in [6, 6.07) is 0. The van der Waals surface area contributed by atoms with Gasteiger partial charge in [-0.2, -0.15) is 39.5 Å². The van der Waals surface area contributed by atoms with Gasteiger partial charge >= 0.3 is 18.5 Å². The average Bonchev–Trinajstić information content (AvgIpc) is 2.18. The summed E-state index contributed by atoms with van der Waals surface area (Å²) in [4.78, 5) is 0. The Labute approximate surface area is 109 Å². The van der Waals surface area contributed by atoms with Crippen molar-refractivity contribution in [3.63, 3.8) is 0 Å². The van der Waals surface area contributed by atoms with Crippen molar-refractivity contribution >= 4 is 0 Å². The minimum Gasteiger partial charge on any atom is -0.171 e. The molecule has 1 atom stereocenters. The van der Waals surface area contributed by atoms with Gasteiger partial charge in [-0.05, 0) is 19.3 Å². The molecule has 1 unspecified atom stereocenters. The van der Waals surface area contributed by atoms with Gasteiger partial charge in [0.1, 0.15) is 0 Å². The number of hydrogen-bond donors (Lipinski definition) is 0. The lowest BCUT2D eigenvalue weighted by atomic mass is 9.74. The molecular formula is C11H13F9. The fourth-order valence-corrected chi connectivity index (χ4v) is 1.89. The Balaban J connectivity index is 5.73. The molecule has 0 amide bonds. The number of halogens is 9. The van der Waals surface area contributed by atoms with Crippen LogP contribution in [-0.2, 0) is 0 Å². The van der Waals surface area contributed by atoms with Gasteiger partial charge < -0.3 is 0 Å². The van der Waals surface area contributed by atoms with E-state index in [2.05, 4.69) is 6.58 Å². The van der Waals surface area contributed by atoms with E-state index in [-0.39, 0.29) is 0 Å². The molecular weight excluding hydrogens is 303 g/mol. The van der Waals surface area contributed by atoms with Crippen LogP contribution >= 0.6 is 0 Å². The first-order valence-electron chi connectivity index (χ1n) is 5.54. The molecule has 0 fully saturated rings. The molecule has 0 radical (unpaired) electrons. The maximum Gasteiger partial charge on any atom is 0.403 e. The van der Waals surface area contributed by atoms with Crippen LogP contribution in [0.4, 0.5) is 39.5 Å². The second kappa shape index (κ2) is 5.85. The van der Waals surface area contributed by atoms with E-state index >= 15 is 0 Å². The first-order chi connectivity index (χ1) is 8.73. The van der Waals surface area contributed by atoms with Gasteiger partial charge in [-0.3, -0.25) is 0 Å². The van der Waals surface area contributed by atoms with Crippen LogP contribution in [0.2, 0.25) is 0 Å². The molecule has 0 spiro atoms. The lowest BCUT2D eigenvalue weighted by Gasteiger charge is -2.39. The predicted molar refractivity (Wildman–Crippen MR) is 53.8 cm³/mol. The van der Waals surface area contributed by atoms with Crippen molar-refractivity contribution in [1.29, 1.82) is 0 Å². The van der Waals surface area contributed by atoms with Crippen LogP contribution in [0.3, 0.4) is 0 Å². The first-order valence-corrected chi connectivity index (χ1v) is 5.54. The molecule has 0 aromatic rings. The van der Waals surface area contributed by atoms with Crippen molar-refractivity contribution in [2.45, 2.75) is 44.7 Å². The Morgan fingerprint density at radius 2 is 1.30 bits per heavy atom. The predicted octanol–water partition coefficient (Wildman–Crippen LogP) is 5.65. The Morgan fingerprint density at radius 1 is 0.900 bits per heavy atom. The largest absolute Gasteiger partial charge is 0.403 e. The lowest BCUT2D eigenvalue weighted by molar-refractivity contribution is -0.353. The molecule has 0 saturated carbocycles. The van der Waals surface area contributed by atoms with Crippen LogP contribution in [0.5, 0.6) is 0 Å². The Hall–Kier alpha value is -0.890. The van der Waals surface area contributed by atoms with Gasteiger partial charge in [-0.1, -0.05) is 13.0 Å². The third-order valence-corrected chi connectivity index (χ3v) is 3.20. The minimum atomic E-state index is -5.81. The van der Waals surface area contributed by atoms with Crippen LogP contribution in [0.15, 0.2) is 12.7 Å². The highest BCUT2D eigenvalue weighted by Crippen LogP contribution is 2.57. The number of rotatable bonds is 5. The molecule has 0 rings (SSSR count). The van der Waals surface area contributed by atoms with Gasteiger partial charge in [0.05, 0.1) is 5.92 Å². The molecule has 9 heteroatoms. The van der Waals surface area contributed by atoms with Gasteiger partial charge in [-0.15, -0.1) is 6.58 Å². The third-order valence-electron chi connectivity index (χ3n) is 3.20. The average molecular weight is 316 g/mol. The maximum absolute atomic E-state index is 12.7. The minimum absolute atomic E-state index is 0.572. The molecule has 0 nitrogen and oxygen atoms in total. The van der Waals surface area contributed by atoms with E-state index < -0.39 is 49.1 Å². The highest BCUT2D eigenvalue weighted by molar-refractivity contribution is 4.96. The molecule has 20 heavy (non-hydrogen) atoms. The van der Waals surface area contributed by atoms with E-state index in [0.29, 0.717) is 13.0 Å². The van der Waals surface area contributed by atoms with Gasteiger partial charge in [0, 0.05) is 0 Å². The Kier molecular flexibility index (Phi) is 5.59. The number of hydrogen-bond acceptors (Lipinski definition) is 0. The monoisotopic (exact) mass is 316 g/mol. The molecule has 0 heterocycles. The van der Waals surface area contributed by atoms with Crippen LogP contribution in [0, 0.1) is 11.3 Å². The Morgan fingerprint density at radius 3 is 1.50 bits per heavy atom. The van der Waals surface area contributed by atoms with E-state index in [1.807, 2.05) is 0 Å². The maximum atomic E-state index is 12.7. The molecule has 0 aliphatic rings. The standard InChI is InChI=1S/C11H13F9/c1-3-5-7(9(12,13)14)6-8(4-2,10(15,16)17)11(18,19)20/h3,7H,1,4-6H2,2H3. The molecule has 0 N–H and O–H groups in total. The quantitative estimate of drug-likeness (QED) is 0.454. The van der Waals surface area contributed by atoms with E-state index in [0.717, 1.165) is 0 Å². The smallest absolute Gasteiger partial charge is 0.171 e. The fourth-order valence-electron chi connectivity index (χ4n) is 1.89. The van der Waals surface area contributed by atoms with E-state index in [9.17, 15) is 39.5 Å².